The highest BCUT2D eigenvalue weighted by Gasteiger charge is 2.24. The summed E-state index contributed by atoms with van der Waals surface area (Å²) >= 11 is 6.22. The summed E-state index contributed by atoms with van der Waals surface area (Å²) in [5.41, 5.74) is 1.70. The second kappa shape index (κ2) is 10.4. The quantitative estimate of drug-likeness (QED) is 0.526. The van der Waals surface area contributed by atoms with Crippen LogP contribution in [-0.2, 0) is 16.1 Å². The van der Waals surface area contributed by atoms with Gasteiger partial charge in [0.15, 0.2) is 0 Å². The van der Waals surface area contributed by atoms with Gasteiger partial charge in [0.1, 0.15) is 5.75 Å². The number of amides is 2. The average molecular weight is 444 g/mol. The summed E-state index contributed by atoms with van der Waals surface area (Å²) in [7, 11) is 0. The number of hydrogen-bond donors (Lipinski definition) is 2. The molecule has 2 N–H and O–H groups in total. The van der Waals surface area contributed by atoms with E-state index in [0.29, 0.717) is 0 Å². The number of likely N-dealkylation sites (tertiary alicyclic amines) is 1. The Balaban J connectivity index is 1.65. The Morgan fingerprint density at radius 2 is 1.77 bits per heavy atom. The van der Waals surface area contributed by atoms with Crippen LogP contribution in [0.15, 0.2) is 42.5 Å². The fourth-order valence-corrected chi connectivity index (χ4v) is 3.81. The highest BCUT2D eigenvalue weighted by Crippen LogP contribution is 2.31. The number of ether oxygens (including phenoxy) is 1. The number of carbonyl (C=O) groups is 3. The van der Waals surface area contributed by atoms with Gasteiger partial charge in [-0.15, -0.1) is 0 Å². The van der Waals surface area contributed by atoms with Crippen LogP contribution in [0, 0.1) is 0 Å². The first-order valence-corrected chi connectivity index (χ1v) is 10.6. The first-order valence-electron chi connectivity index (χ1n) is 10.2. The van der Waals surface area contributed by atoms with E-state index in [1.807, 2.05) is 18.2 Å². The molecule has 1 aliphatic rings. The Kier molecular flexibility index (Phi) is 7.65. The number of nitrogens with zero attached hydrogens (tertiary/aromatic N) is 1. The lowest BCUT2D eigenvalue weighted by molar-refractivity contribution is -0.131. The zero-order valence-corrected chi connectivity index (χ0v) is 18.4. The van der Waals surface area contributed by atoms with Gasteiger partial charge in [-0.05, 0) is 24.5 Å². The van der Waals surface area contributed by atoms with Gasteiger partial charge in [-0.1, -0.05) is 41.9 Å². The molecule has 0 radical (unpaired) electrons. The Morgan fingerprint density at radius 1 is 1.10 bits per heavy atom. The summed E-state index contributed by atoms with van der Waals surface area (Å²) in [6, 6.07) is 13.1. The van der Waals surface area contributed by atoms with E-state index in [1.54, 1.807) is 0 Å². The molecule has 8 heteroatoms. The second-order valence-corrected chi connectivity index (χ2v) is 8.02. The van der Waals surface area contributed by atoms with Gasteiger partial charge in [-0.3, -0.25) is 19.3 Å². The van der Waals surface area contributed by atoms with E-state index in [0.717, 1.165) is 32.5 Å². The number of halogens is 1. The summed E-state index contributed by atoms with van der Waals surface area (Å²) in [6.07, 6.45) is 1.64. The lowest BCUT2D eigenvalue weighted by Crippen LogP contribution is -2.44. The molecule has 31 heavy (non-hydrogen) atoms. The van der Waals surface area contributed by atoms with Crippen molar-refractivity contribution in [1.29, 1.82) is 0 Å². The highest BCUT2D eigenvalue weighted by atomic mass is 35.5. The maximum Gasteiger partial charge on any atom is 0.308 e. The molecule has 3 rings (SSSR count). The largest absolute Gasteiger partial charge is 0.426 e. The zero-order valence-electron chi connectivity index (χ0n) is 17.6. The second-order valence-electron chi connectivity index (χ2n) is 7.61. The van der Waals surface area contributed by atoms with Crippen molar-refractivity contribution in [2.24, 2.45) is 0 Å². The first kappa shape index (κ1) is 22.8. The molecule has 1 aliphatic heterocycles. The molecule has 0 atom stereocenters. The molecular weight excluding hydrogens is 418 g/mol. The summed E-state index contributed by atoms with van der Waals surface area (Å²) < 4.78 is 5.20. The Hall–Kier alpha value is -2.90. The van der Waals surface area contributed by atoms with Crippen molar-refractivity contribution in [3.8, 4) is 5.75 Å². The predicted molar refractivity (Wildman–Crippen MR) is 119 cm³/mol. The van der Waals surface area contributed by atoms with Gasteiger partial charge in [0, 0.05) is 45.6 Å². The van der Waals surface area contributed by atoms with Gasteiger partial charge in [0.25, 0.3) is 5.91 Å². The molecule has 0 aliphatic carbocycles. The number of benzene rings is 2. The smallest absolute Gasteiger partial charge is 0.308 e. The van der Waals surface area contributed by atoms with Crippen molar-refractivity contribution in [1.82, 2.24) is 10.2 Å². The van der Waals surface area contributed by atoms with Gasteiger partial charge >= 0.3 is 5.97 Å². The summed E-state index contributed by atoms with van der Waals surface area (Å²) in [4.78, 5) is 38.1. The van der Waals surface area contributed by atoms with E-state index in [-0.39, 0.29) is 39.9 Å². The number of anilines is 1. The lowest BCUT2D eigenvalue weighted by atomic mass is 10.0. The van der Waals surface area contributed by atoms with Gasteiger partial charge in [-0.2, -0.15) is 0 Å². The van der Waals surface area contributed by atoms with Crippen LogP contribution in [0.1, 0.15) is 42.6 Å². The molecule has 2 aromatic carbocycles. The SMILES string of the molecule is CC(=O)Nc1cc(OC(C)=O)c(C(=O)NC2CCN(Cc3ccccc3)CC2)cc1Cl. The molecule has 0 spiro atoms. The Bertz CT molecular complexity index is 957. The molecular formula is C23H26ClN3O4. The van der Waals surface area contributed by atoms with Crippen LogP contribution in [0.3, 0.4) is 0 Å². The lowest BCUT2D eigenvalue weighted by Gasteiger charge is -2.32. The van der Waals surface area contributed by atoms with Crippen LogP contribution < -0.4 is 15.4 Å². The van der Waals surface area contributed by atoms with Gasteiger partial charge < -0.3 is 15.4 Å². The molecule has 0 aromatic heterocycles. The van der Waals surface area contributed by atoms with Crippen LogP contribution in [0.25, 0.3) is 0 Å². The molecule has 1 heterocycles. The third-order valence-corrected chi connectivity index (χ3v) is 5.36. The van der Waals surface area contributed by atoms with Crippen LogP contribution in [0.5, 0.6) is 5.75 Å². The molecule has 1 fully saturated rings. The van der Waals surface area contributed by atoms with E-state index in [2.05, 4.69) is 27.7 Å². The van der Waals surface area contributed by atoms with Gasteiger partial charge in [0.2, 0.25) is 5.91 Å². The minimum atomic E-state index is -0.570. The molecule has 164 valence electrons. The molecule has 1 saturated heterocycles. The number of hydrogen-bond acceptors (Lipinski definition) is 5. The fourth-order valence-electron chi connectivity index (χ4n) is 3.60. The summed E-state index contributed by atoms with van der Waals surface area (Å²) in [5.74, 6) is -1.21. The van der Waals surface area contributed by atoms with Crippen molar-refractivity contribution >= 4 is 35.1 Å². The minimum absolute atomic E-state index is 0.0125. The molecule has 2 amide bonds. The topological polar surface area (TPSA) is 87.7 Å². The minimum Gasteiger partial charge on any atom is -0.426 e. The number of rotatable bonds is 6. The monoisotopic (exact) mass is 443 g/mol. The van der Waals surface area contributed by atoms with Crippen molar-refractivity contribution in [3.05, 3.63) is 58.6 Å². The normalized spacial score (nSPS) is 14.7. The Morgan fingerprint density at radius 3 is 2.39 bits per heavy atom. The number of carbonyl (C=O) groups excluding carboxylic acids is 3. The van der Waals surface area contributed by atoms with Gasteiger partial charge in [-0.25, -0.2) is 0 Å². The number of esters is 1. The number of piperidine rings is 1. The fraction of sp³-hybridized carbons (Fsp3) is 0.348. The molecule has 0 unspecified atom stereocenters. The third-order valence-electron chi connectivity index (χ3n) is 5.05. The van der Waals surface area contributed by atoms with Crippen LogP contribution >= 0.6 is 11.6 Å². The van der Waals surface area contributed by atoms with Crippen LogP contribution in [-0.4, -0.2) is 41.8 Å². The van der Waals surface area contributed by atoms with Gasteiger partial charge in [0.05, 0.1) is 16.3 Å². The van der Waals surface area contributed by atoms with Crippen molar-refractivity contribution in [2.45, 2.75) is 39.3 Å². The summed E-state index contributed by atoms with van der Waals surface area (Å²) in [6.45, 7) is 5.22. The van der Waals surface area contributed by atoms with E-state index in [9.17, 15) is 14.4 Å². The molecule has 0 bridgehead atoms. The van der Waals surface area contributed by atoms with Crippen molar-refractivity contribution < 1.29 is 19.1 Å². The average Bonchev–Trinajstić information content (AvgIpc) is 2.71. The summed E-state index contributed by atoms with van der Waals surface area (Å²) in [5, 5.41) is 5.77. The maximum atomic E-state index is 12.9. The van der Waals surface area contributed by atoms with E-state index in [1.165, 1.54) is 31.5 Å². The zero-order chi connectivity index (χ0) is 22.4. The van der Waals surface area contributed by atoms with Crippen LogP contribution in [0.2, 0.25) is 5.02 Å². The van der Waals surface area contributed by atoms with E-state index >= 15 is 0 Å². The number of nitrogens with one attached hydrogen (secondary N) is 2. The molecule has 7 nitrogen and oxygen atoms in total. The van der Waals surface area contributed by atoms with E-state index in [4.69, 9.17) is 16.3 Å². The predicted octanol–water partition coefficient (Wildman–Crippen LogP) is 3.62. The van der Waals surface area contributed by atoms with E-state index < -0.39 is 5.97 Å². The third kappa shape index (κ3) is 6.54. The highest BCUT2D eigenvalue weighted by molar-refractivity contribution is 6.34. The molecule has 0 saturated carbocycles. The van der Waals surface area contributed by atoms with Crippen molar-refractivity contribution in [3.63, 3.8) is 0 Å². The first-order chi connectivity index (χ1) is 14.8. The standard InChI is InChI=1S/C23H26ClN3O4/c1-15(28)25-21-13-22(31-16(2)29)19(12-20(21)24)23(30)26-18-8-10-27(11-9-18)14-17-6-4-3-5-7-17/h3-7,12-13,18H,8-11,14H2,1-2H3,(H,25,28)(H,26,30). The Labute approximate surface area is 186 Å². The van der Waals surface area contributed by atoms with Crippen molar-refractivity contribution in [2.75, 3.05) is 18.4 Å². The molecule has 2 aromatic rings. The van der Waals surface area contributed by atoms with Crippen LogP contribution in [0.4, 0.5) is 5.69 Å². The maximum absolute atomic E-state index is 12.9.